The van der Waals surface area contributed by atoms with Crippen molar-refractivity contribution >= 4 is 17.7 Å². The van der Waals surface area contributed by atoms with E-state index in [1.54, 1.807) is 0 Å². The molecule has 168 valence electrons. The third-order valence-corrected chi connectivity index (χ3v) is 3.68. The van der Waals surface area contributed by atoms with E-state index < -0.39 is 17.7 Å². The van der Waals surface area contributed by atoms with Gasteiger partial charge in [-0.2, -0.15) is 0 Å². The van der Waals surface area contributed by atoms with Crippen LogP contribution in [-0.4, -0.2) is 15.0 Å². The van der Waals surface area contributed by atoms with Crippen molar-refractivity contribution in [2.24, 2.45) is 0 Å². The number of pyridine rings is 3. The number of nitrogens with zero attached hydrogens (tertiary/aromatic N) is 3. The predicted octanol–water partition coefficient (Wildman–Crippen LogP) is 7.11. The zero-order valence-electron chi connectivity index (χ0n) is 16.3. The van der Waals surface area contributed by atoms with Gasteiger partial charge in [-0.05, 0) is 36.4 Å². The van der Waals surface area contributed by atoms with Gasteiger partial charge in [-0.25, -0.2) is 0 Å². The van der Waals surface area contributed by atoms with Gasteiger partial charge in [0.1, 0.15) is 0 Å². The predicted molar refractivity (Wildman–Crippen MR) is 111 cm³/mol. The maximum absolute atomic E-state index is 9.77. The molecule has 0 radical (unpaired) electrons. The van der Waals surface area contributed by atoms with Crippen molar-refractivity contribution in [3.05, 3.63) is 96.2 Å². The quantitative estimate of drug-likeness (QED) is 0.0993. The molecule has 4 heterocycles. The molecule has 3 aromatic rings. The average molecular weight is 562 g/mol. The van der Waals surface area contributed by atoms with E-state index in [0.29, 0.717) is 0 Å². The van der Waals surface area contributed by atoms with E-state index in [1.165, 1.54) is 0 Å². The average Bonchev–Trinajstić information content (AvgIpc) is 2.61. The molecule has 1 aliphatic heterocycles. The first-order chi connectivity index (χ1) is 13.8. The molecule has 4 rings (SSSR count). The van der Waals surface area contributed by atoms with Gasteiger partial charge < -0.3 is 7.43 Å². The normalized spacial score (nSPS) is 11.2. The Morgan fingerprint density at radius 3 is 0.806 bits per heavy atom. The first-order valence-corrected chi connectivity index (χ1v) is 10.6. The Labute approximate surface area is 194 Å². The zero-order chi connectivity index (χ0) is 21.2. The van der Waals surface area contributed by atoms with Crippen LogP contribution in [0, 0.1) is 7.43 Å². The summed E-state index contributed by atoms with van der Waals surface area (Å²) in [5.74, 6) is 0. The Morgan fingerprint density at radius 1 is 0.484 bits per heavy atom. The fourth-order valence-corrected chi connectivity index (χ4v) is 2.74. The van der Waals surface area contributed by atoms with Gasteiger partial charge in [0.25, 0.3) is 0 Å². The molecular weight excluding hydrogens is 542 g/mol. The first kappa shape index (κ1) is 29.6. The topological polar surface area (TPSA) is 38.7 Å². The molecule has 0 unspecified atom stereocenters. The fraction of sp³-hybridized carbons (Fsp3) is 0.158. The van der Waals surface area contributed by atoms with Gasteiger partial charge in [-0.1, -0.05) is 18.2 Å². The van der Waals surface area contributed by atoms with E-state index in [1.807, 2.05) is 0 Å². The van der Waals surface area contributed by atoms with Crippen LogP contribution in [0.1, 0.15) is 34.2 Å². The summed E-state index contributed by atoms with van der Waals surface area (Å²) in [6.07, 6.45) is 2.34. The van der Waals surface area contributed by atoms with Gasteiger partial charge >= 0.3 is 17.7 Å². The van der Waals surface area contributed by atoms with Crippen LogP contribution in [-0.2, 0) is 40.3 Å². The van der Waals surface area contributed by atoms with Crippen LogP contribution >= 0.6 is 17.7 Å². The number of halogens is 6. The summed E-state index contributed by atoms with van der Waals surface area (Å²) in [4.78, 5) is 14.2. The van der Waals surface area contributed by atoms with Crippen molar-refractivity contribution in [2.45, 2.75) is 19.3 Å². The van der Waals surface area contributed by atoms with E-state index in [0.717, 1.165) is 53.4 Å². The second-order valence-electron chi connectivity index (χ2n) is 5.82. The summed E-state index contributed by atoms with van der Waals surface area (Å²) in [7, 11) is -8.76. The minimum absolute atomic E-state index is 0. The number of rotatable bonds is 0. The van der Waals surface area contributed by atoms with Gasteiger partial charge in [0.15, 0.2) is 0 Å². The SMILES string of the molecule is F[PH+](F)F.F[PH+](F)F.[CH3-].[Mo].c1cc2nc(c1)Cc1cccc(n1)Cc1cccc(n1)C2. The molecule has 0 amide bonds. The van der Waals surface area contributed by atoms with Crippen LogP contribution in [0.3, 0.4) is 0 Å². The van der Waals surface area contributed by atoms with E-state index in [9.17, 15) is 25.2 Å². The number of hydrogen-bond acceptors (Lipinski definition) is 3. The van der Waals surface area contributed by atoms with Crippen molar-refractivity contribution in [1.29, 1.82) is 0 Å². The largest absolute Gasteiger partial charge is 0.558 e. The summed E-state index contributed by atoms with van der Waals surface area (Å²) in [6.45, 7) is 0. The third kappa shape index (κ3) is 12.3. The van der Waals surface area contributed by atoms with E-state index in [4.69, 9.17) is 15.0 Å². The summed E-state index contributed by atoms with van der Waals surface area (Å²) < 4.78 is 58.6. The van der Waals surface area contributed by atoms with Crippen LogP contribution in [0.25, 0.3) is 0 Å². The van der Waals surface area contributed by atoms with Crippen LogP contribution in [0.2, 0.25) is 0 Å². The van der Waals surface area contributed by atoms with E-state index in [-0.39, 0.29) is 28.5 Å². The molecule has 31 heavy (non-hydrogen) atoms. The number of hydrogen-bond donors (Lipinski definition) is 0. The molecule has 0 atom stereocenters. The van der Waals surface area contributed by atoms with Gasteiger partial charge in [-0.3, -0.25) is 15.0 Å². The molecule has 12 heteroatoms. The zero-order valence-corrected chi connectivity index (χ0v) is 20.3. The molecule has 0 saturated heterocycles. The Hall–Kier alpha value is -1.42. The van der Waals surface area contributed by atoms with Crippen molar-refractivity contribution < 1.29 is 46.2 Å². The van der Waals surface area contributed by atoms with Gasteiger partial charge in [0, 0.05) is 99.7 Å². The molecule has 0 spiro atoms. The second kappa shape index (κ2) is 15.4. The molecular formula is C19H20F6MoN3P2+. The first-order valence-electron chi connectivity index (χ1n) is 8.33. The van der Waals surface area contributed by atoms with Crippen LogP contribution in [0.4, 0.5) is 25.2 Å². The van der Waals surface area contributed by atoms with E-state index >= 15 is 0 Å². The van der Waals surface area contributed by atoms with Crippen molar-refractivity contribution in [2.75, 3.05) is 0 Å². The minimum Gasteiger partial charge on any atom is -0.358 e. The van der Waals surface area contributed by atoms with Crippen LogP contribution in [0.5, 0.6) is 0 Å². The molecule has 0 N–H and O–H groups in total. The second-order valence-corrected chi connectivity index (χ2v) is 6.68. The van der Waals surface area contributed by atoms with Crippen molar-refractivity contribution in [3.8, 4) is 0 Å². The summed E-state index contributed by atoms with van der Waals surface area (Å²) >= 11 is 0. The maximum Gasteiger partial charge on any atom is 0.558 e. The number of fused-ring (bicyclic) bond motifs is 6. The molecule has 0 aliphatic carbocycles. The molecule has 6 bridgehead atoms. The van der Waals surface area contributed by atoms with Gasteiger partial charge in [-0.15, -0.1) is 0 Å². The minimum atomic E-state index is -4.38. The Bertz CT molecular complexity index is 750. The fourth-order valence-electron chi connectivity index (χ4n) is 2.74. The van der Waals surface area contributed by atoms with Crippen molar-refractivity contribution in [1.82, 2.24) is 15.0 Å². The number of aromatic nitrogens is 3. The standard InChI is InChI=1S/C18H15N3.CH3.2F3HP.Mo/c1-4-13-10-15-6-2-8-17(20-15)12-18-9-3-7-16(21-18)11-14(5-1)19-13;;2*1-4(2)3;/h1-9H,10-12H2;1H3;2*4H;/q;-1;2*+1;. The Kier molecular flexibility index (Phi) is 14.7. The van der Waals surface area contributed by atoms with Gasteiger partial charge in [0.05, 0.1) is 0 Å². The molecule has 3 aromatic heterocycles. The molecule has 3 nitrogen and oxygen atoms in total. The van der Waals surface area contributed by atoms with Crippen LogP contribution < -0.4 is 0 Å². The van der Waals surface area contributed by atoms with Crippen LogP contribution in [0.15, 0.2) is 54.6 Å². The third-order valence-electron chi connectivity index (χ3n) is 3.68. The smallest absolute Gasteiger partial charge is 0.358 e. The Balaban J connectivity index is 0.000000787. The molecule has 0 aromatic carbocycles. The summed E-state index contributed by atoms with van der Waals surface area (Å²) in [5, 5.41) is 0. The van der Waals surface area contributed by atoms with E-state index in [2.05, 4.69) is 54.6 Å². The summed E-state index contributed by atoms with van der Waals surface area (Å²) in [5.41, 5.74) is 6.38. The summed E-state index contributed by atoms with van der Waals surface area (Å²) in [6, 6.07) is 18.6. The molecule has 0 fully saturated rings. The van der Waals surface area contributed by atoms with Gasteiger partial charge in [0.2, 0.25) is 0 Å². The monoisotopic (exact) mass is 564 g/mol. The van der Waals surface area contributed by atoms with Crippen molar-refractivity contribution in [3.63, 3.8) is 0 Å². The maximum atomic E-state index is 9.77. The molecule has 0 saturated carbocycles. The Morgan fingerprint density at radius 2 is 0.645 bits per heavy atom. The molecule has 1 aliphatic rings.